The molecular weight excluding hydrogens is 202 g/mol. The summed E-state index contributed by atoms with van der Waals surface area (Å²) in [5, 5.41) is 16.9. The van der Waals surface area contributed by atoms with Crippen molar-refractivity contribution < 1.29 is 5.11 Å². The Kier molecular flexibility index (Phi) is 3.54. The van der Waals surface area contributed by atoms with Gasteiger partial charge in [-0.15, -0.1) is 0 Å². The third-order valence-electron chi connectivity index (χ3n) is 2.67. The predicted octanol–water partition coefficient (Wildman–Crippen LogP) is 1.19. The number of aliphatic hydroxyl groups is 1. The minimum absolute atomic E-state index is 0.262. The summed E-state index contributed by atoms with van der Waals surface area (Å²) < 4.78 is 1.85. The van der Waals surface area contributed by atoms with Crippen molar-refractivity contribution in [1.29, 1.82) is 0 Å². The van der Waals surface area contributed by atoms with Crippen LogP contribution in [0, 0.1) is 0 Å². The summed E-state index contributed by atoms with van der Waals surface area (Å²) in [6.45, 7) is 3.34. The summed E-state index contributed by atoms with van der Waals surface area (Å²) in [6, 6.07) is 6.00. The lowest BCUT2D eigenvalue weighted by molar-refractivity contribution is 0.167. The van der Waals surface area contributed by atoms with Crippen molar-refractivity contribution in [3.8, 4) is 0 Å². The number of hydrogen-bond acceptors (Lipinski definition) is 3. The van der Waals surface area contributed by atoms with Crippen molar-refractivity contribution >= 4 is 5.52 Å². The van der Waals surface area contributed by atoms with Crippen LogP contribution < -0.4 is 5.32 Å². The van der Waals surface area contributed by atoms with Gasteiger partial charge in [-0.05, 0) is 18.6 Å². The SMILES string of the molecule is CCC(O)CNCc1cnn2ccccc12. The Morgan fingerprint density at radius 1 is 1.50 bits per heavy atom. The van der Waals surface area contributed by atoms with E-state index in [1.165, 1.54) is 0 Å². The zero-order chi connectivity index (χ0) is 11.4. The number of fused-ring (bicyclic) bond motifs is 1. The molecular formula is C12H17N3O. The summed E-state index contributed by atoms with van der Waals surface area (Å²) in [6.07, 6.45) is 4.31. The summed E-state index contributed by atoms with van der Waals surface area (Å²) in [7, 11) is 0. The quantitative estimate of drug-likeness (QED) is 0.794. The van der Waals surface area contributed by atoms with Crippen molar-refractivity contribution in [3.05, 3.63) is 36.2 Å². The molecule has 16 heavy (non-hydrogen) atoms. The molecule has 0 aliphatic rings. The first-order valence-corrected chi connectivity index (χ1v) is 5.61. The molecule has 0 saturated heterocycles. The second kappa shape index (κ2) is 5.09. The largest absolute Gasteiger partial charge is 0.392 e. The van der Waals surface area contributed by atoms with Crippen LogP contribution in [0.4, 0.5) is 0 Å². The van der Waals surface area contributed by atoms with Crippen LogP contribution in [0.2, 0.25) is 0 Å². The van der Waals surface area contributed by atoms with Crippen LogP contribution in [0.5, 0.6) is 0 Å². The molecule has 4 heteroatoms. The van der Waals surface area contributed by atoms with E-state index in [4.69, 9.17) is 0 Å². The number of rotatable bonds is 5. The van der Waals surface area contributed by atoms with Gasteiger partial charge in [-0.3, -0.25) is 0 Å². The highest BCUT2D eigenvalue weighted by Gasteiger charge is 2.04. The molecule has 1 atom stereocenters. The predicted molar refractivity (Wildman–Crippen MR) is 63.2 cm³/mol. The molecule has 0 radical (unpaired) electrons. The summed E-state index contributed by atoms with van der Waals surface area (Å²) in [5.41, 5.74) is 2.27. The van der Waals surface area contributed by atoms with Gasteiger partial charge >= 0.3 is 0 Å². The normalized spacial score (nSPS) is 13.1. The van der Waals surface area contributed by atoms with Crippen molar-refractivity contribution in [2.45, 2.75) is 26.0 Å². The van der Waals surface area contributed by atoms with Crippen LogP contribution >= 0.6 is 0 Å². The highest BCUT2D eigenvalue weighted by atomic mass is 16.3. The number of pyridine rings is 1. The van der Waals surface area contributed by atoms with Gasteiger partial charge in [0.1, 0.15) is 0 Å². The number of hydrogen-bond donors (Lipinski definition) is 2. The lowest BCUT2D eigenvalue weighted by atomic mass is 10.2. The first-order chi connectivity index (χ1) is 7.81. The molecule has 2 aromatic rings. The highest BCUT2D eigenvalue weighted by Crippen LogP contribution is 2.09. The van der Waals surface area contributed by atoms with E-state index in [2.05, 4.69) is 10.4 Å². The molecule has 0 spiro atoms. The van der Waals surface area contributed by atoms with Crippen molar-refractivity contribution in [2.75, 3.05) is 6.54 Å². The van der Waals surface area contributed by atoms with Gasteiger partial charge in [-0.1, -0.05) is 13.0 Å². The number of nitrogens with zero attached hydrogens (tertiary/aromatic N) is 2. The topological polar surface area (TPSA) is 49.6 Å². The van der Waals surface area contributed by atoms with Gasteiger partial charge in [0.15, 0.2) is 0 Å². The van der Waals surface area contributed by atoms with E-state index in [1.54, 1.807) is 0 Å². The van der Waals surface area contributed by atoms with Crippen molar-refractivity contribution in [1.82, 2.24) is 14.9 Å². The lowest BCUT2D eigenvalue weighted by Gasteiger charge is -2.08. The molecule has 2 heterocycles. The Morgan fingerprint density at radius 3 is 3.19 bits per heavy atom. The third-order valence-corrected chi connectivity index (χ3v) is 2.67. The molecule has 2 rings (SSSR count). The van der Waals surface area contributed by atoms with Gasteiger partial charge in [-0.2, -0.15) is 5.10 Å². The lowest BCUT2D eigenvalue weighted by Crippen LogP contribution is -2.25. The molecule has 0 fully saturated rings. The molecule has 2 aromatic heterocycles. The van der Waals surface area contributed by atoms with Gasteiger partial charge in [0.05, 0.1) is 17.8 Å². The Labute approximate surface area is 94.9 Å². The number of aliphatic hydroxyl groups excluding tert-OH is 1. The van der Waals surface area contributed by atoms with E-state index in [0.717, 1.165) is 24.0 Å². The highest BCUT2D eigenvalue weighted by molar-refractivity contribution is 5.53. The molecule has 0 aromatic carbocycles. The van der Waals surface area contributed by atoms with E-state index < -0.39 is 0 Å². The maximum Gasteiger partial charge on any atom is 0.0706 e. The van der Waals surface area contributed by atoms with E-state index in [1.807, 2.05) is 42.0 Å². The van der Waals surface area contributed by atoms with Gasteiger partial charge in [0, 0.05) is 24.8 Å². The molecule has 0 aliphatic heterocycles. The maximum absolute atomic E-state index is 9.42. The maximum atomic E-state index is 9.42. The summed E-state index contributed by atoms with van der Waals surface area (Å²) in [5.74, 6) is 0. The molecule has 2 N–H and O–H groups in total. The Bertz CT molecular complexity index is 452. The average molecular weight is 219 g/mol. The van der Waals surface area contributed by atoms with Crippen LogP contribution in [0.3, 0.4) is 0 Å². The smallest absolute Gasteiger partial charge is 0.0706 e. The fourth-order valence-corrected chi connectivity index (χ4v) is 1.64. The number of nitrogens with one attached hydrogen (secondary N) is 1. The second-order valence-corrected chi connectivity index (χ2v) is 3.89. The van der Waals surface area contributed by atoms with Crippen LogP contribution in [-0.4, -0.2) is 27.4 Å². The molecule has 0 saturated carbocycles. The van der Waals surface area contributed by atoms with Gasteiger partial charge in [0.25, 0.3) is 0 Å². The van der Waals surface area contributed by atoms with Crippen LogP contribution in [-0.2, 0) is 6.54 Å². The standard InChI is InChI=1S/C12H17N3O/c1-2-11(16)9-13-7-10-8-14-15-6-4-3-5-12(10)15/h3-6,8,11,13,16H,2,7,9H2,1H3. The van der Waals surface area contributed by atoms with E-state index >= 15 is 0 Å². The van der Waals surface area contributed by atoms with Gasteiger partial charge in [-0.25, -0.2) is 4.52 Å². The zero-order valence-electron chi connectivity index (χ0n) is 9.43. The van der Waals surface area contributed by atoms with Crippen LogP contribution in [0.1, 0.15) is 18.9 Å². The molecule has 0 aliphatic carbocycles. The average Bonchev–Trinajstić information content (AvgIpc) is 2.73. The minimum Gasteiger partial charge on any atom is -0.392 e. The summed E-state index contributed by atoms with van der Waals surface area (Å²) in [4.78, 5) is 0. The fraction of sp³-hybridized carbons (Fsp3) is 0.417. The van der Waals surface area contributed by atoms with Crippen molar-refractivity contribution in [3.63, 3.8) is 0 Å². The zero-order valence-corrected chi connectivity index (χ0v) is 9.43. The first-order valence-electron chi connectivity index (χ1n) is 5.61. The third kappa shape index (κ3) is 2.40. The van der Waals surface area contributed by atoms with Gasteiger partial charge < -0.3 is 10.4 Å². The fourth-order valence-electron chi connectivity index (χ4n) is 1.64. The summed E-state index contributed by atoms with van der Waals surface area (Å²) >= 11 is 0. The Hall–Kier alpha value is -1.39. The molecule has 0 bridgehead atoms. The minimum atomic E-state index is -0.262. The Morgan fingerprint density at radius 2 is 2.38 bits per heavy atom. The van der Waals surface area contributed by atoms with Crippen LogP contribution in [0.25, 0.3) is 5.52 Å². The molecule has 86 valence electrons. The van der Waals surface area contributed by atoms with E-state index in [0.29, 0.717) is 6.54 Å². The van der Waals surface area contributed by atoms with E-state index in [-0.39, 0.29) is 6.10 Å². The van der Waals surface area contributed by atoms with Crippen LogP contribution in [0.15, 0.2) is 30.6 Å². The monoisotopic (exact) mass is 219 g/mol. The number of aromatic nitrogens is 2. The Balaban J connectivity index is 1.99. The van der Waals surface area contributed by atoms with E-state index in [9.17, 15) is 5.11 Å². The van der Waals surface area contributed by atoms with Crippen molar-refractivity contribution in [2.24, 2.45) is 0 Å². The van der Waals surface area contributed by atoms with Gasteiger partial charge in [0.2, 0.25) is 0 Å². The molecule has 0 amide bonds. The second-order valence-electron chi connectivity index (χ2n) is 3.89. The first kappa shape index (κ1) is 11.1. The molecule has 1 unspecified atom stereocenters. The molecule has 4 nitrogen and oxygen atoms in total.